The highest BCUT2D eigenvalue weighted by molar-refractivity contribution is 4.87. The van der Waals surface area contributed by atoms with Gasteiger partial charge in [-0.05, 0) is 112 Å². The van der Waals surface area contributed by atoms with Crippen LogP contribution in [0, 0.1) is 47.3 Å². The van der Waals surface area contributed by atoms with Gasteiger partial charge in [0.25, 0.3) is 0 Å². The Hall–Kier alpha value is 0. The summed E-state index contributed by atoms with van der Waals surface area (Å²) in [5.41, 5.74) is 0. The van der Waals surface area contributed by atoms with Gasteiger partial charge in [0.15, 0.2) is 0 Å². The molecule has 4 rings (SSSR count). The van der Waals surface area contributed by atoms with Crippen LogP contribution in [-0.4, -0.2) is 0 Å². The summed E-state index contributed by atoms with van der Waals surface area (Å²) in [4.78, 5) is 0. The summed E-state index contributed by atoms with van der Waals surface area (Å²) >= 11 is 0. The highest BCUT2D eigenvalue weighted by atomic mass is 14.4. The van der Waals surface area contributed by atoms with Gasteiger partial charge in [0, 0.05) is 0 Å². The van der Waals surface area contributed by atoms with E-state index in [0.717, 1.165) is 47.3 Å². The van der Waals surface area contributed by atoms with E-state index in [1.165, 1.54) is 12.8 Å². The molecule has 0 N–H and O–H groups in total. The summed E-state index contributed by atoms with van der Waals surface area (Å²) in [6.45, 7) is 4.92. The Bertz CT molecular complexity index is 388. The fourth-order valence-corrected chi connectivity index (χ4v) is 7.04. The van der Waals surface area contributed by atoms with Gasteiger partial charge >= 0.3 is 0 Å². The zero-order valence-electron chi connectivity index (χ0n) is 17.2. The summed E-state index contributed by atoms with van der Waals surface area (Å²) in [5.74, 6) is 8.76. The molecule has 0 aromatic carbocycles. The minimum atomic E-state index is 1.02. The van der Waals surface area contributed by atoms with Gasteiger partial charge in [-0.1, -0.05) is 46.0 Å². The predicted octanol–water partition coefficient (Wildman–Crippen LogP) is 7.86. The fraction of sp³-hybridized carbons (Fsp3) is 1.00. The Morgan fingerprint density at radius 2 is 0.920 bits per heavy atom. The molecule has 0 heterocycles. The van der Waals surface area contributed by atoms with Gasteiger partial charge in [0.05, 0.1) is 0 Å². The molecule has 0 aromatic rings. The molecule has 4 saturated carbocycles. The van der Waals surface area contributed by atoms with Gasteiger partial charge in [0.1, 0.15) is 0 Å². The molecule has 4 aliphatic carbocycles. The van der Waals surface area contributed by atoms with E-state index in [1.807, 2.05) is 0 Å². The first kappa shape index (κ1) is 18.4. The standard InChI is InChI=1S/C25H44/c1-18-3-8-21(9-4-18)23-13-15-24(16-14-23)22-10-5-20(6-11-22)7-12-25-17-19(25)2/h18-25H,3-17H2,1-2H3. The molecule has 4 aliphatic rings. The van der Waals surface area contributed by atoms with Gasteiger partial charge in [-0.3, -0.25) is 0 Å². The van der Waals surface area contributed by atoms with Gasteiger partial charge in [-0.25, -0.2) is 0 Å². The van der Waals surface area contributed by atoms with Crippen LogP contribution in [0.1, 0.15) is 110 Å². The largest absolute Gasteiger partial charge is 0.0625 e. The zero-order chi connectivity index (χ0) is 17.2. The molecule has 0 spiro atoms. The molecule has 0 heteroatoms. The molecule has 0 aromatic heterocycles. The van der Waals surface area contributed by atoms with Crippen molar-refractivity contribution in [3.8, 4) is 0 Å². The van der Waals surface area contributed by atoms with Crippen molar-refractivity contribution < 1.29 is 0 Å². The van der Waals surface area contributed by atoms with Crippen molar-refractivity contribution in [3.63, 3.8) is 0 Å². The maximum atomic E-state index is 2.47. The van der Waals surface area contributed by atoms with Gasteiger partial charge < -0.3 is 0 Å². The Kier molecular flexibility index (Phi) is 6.13. The number of hydrogen-bond donors (Lipinski definition) is 0. The molecule has 0 bridgehead atoms. The van der Waals surface area contributed by atoms with Crippen LogP contribution in [0.15, 0.2) is 0 Å². The minimum Gasteiger partial charge on any atom is -0.0625 e. The maximum Gasteiger partial charge on any atom is -0.0386 e. The summed E-state index contributed by atoms with van der Waals surface area (Å²) in [5, 5.41) is 0. The van der Waals surface area contributed by atoms with Crippen LogP contribution in [0.5, 0.6) is 0 Å². The number of hydrogen-bond acceptors (Lipinski definition) is 0. The predicted molar refractivity (Wildman–Crippen MR) is 109 cm³/mol. The van der Waals surface area contributed by atoms with Gasteiger partial charge in [-0.2, -0.15) is 0 Å². The molecule has 0 saturated heterocycles. The third-order valence-corrected chi connectivity index (χ3v) is 9.32. The van der Waals surface area contributed by atoms with Crippen molar-refractivity contribution in [3.05, 3.63) is 0 Å². The van der Waals surface area contributed by atoms with E-state index in [4.69, 9.17) is 0 Å². The second kappa shape index (κ2) is 8.35. The van der Waals surface area contributed by atoms with E-state index in [1.54, 1.807) is 83.5 Å². The van der Waals surface area contributed by atoms with Crippen LogP contribution in [0.25, 0.3) is 0 Å². The third-order valence-electron chi connectivity index (χ3n) is 9.32. The molecule has 4 fully saturated rings. The second-order valence-corrected chi connectivity index (χ2v) is 11.0. The van der Waals surface area contributed by atoms with Crippen LogP contribution in [-0.2, 0) is 0 Å². The molecule has 144 valence electrons. The molecule has 0 nitrogen and oxygen atoms in total. The van der Waals surface area contributed by atoms with E-state index in [-0.39, 0.29) is 0 Å². The molecule has 2 unspecified atom stereocenters. The first-order chi connectivity index (χ1) is 12.2. The molecule has 0 radical (unpaired) electrons. The van der Waals surface area contributed by atoms with Crippen LogP contribution >= 0.6 is 0 Å². The van der Waals surface area contributed by atoms with E-state index in [0.29, 0.717) is 0 Å². The normalized spacial score (nSPS) is 48.2. The maximum absolute atomic E-state index is 2.47. The topological polar surface area (TPSA) is 0 Å². The highest BCUT2D eigenvalue weighted by Crippen LogP contribution is 2.47. The average molecular weight is 345 g/mol. The van der Waals surface area contributed by atoms with Crippen molar-refractivity contribution in [2.45, 2.75) is 110 Å². The van der Waals surface area contributed by atoms with Gasteiger partial charge in [0.2, 0.25) is 0 Å². The Balaban J connectivity index is 1.14. The zero-order valence-corrected chi connectivity index (χ0v) is 17.2. The smallest absolute Gasteiger partial charge is 0.0386 e. The quantitative estimate of drug-likeness (QED) is 0.476. The summed E-state index contributed by atoms with van der Waals surface area (Å²) in [7, 11) is 0. The van der Waals surface area contributed by atoms with Crippen molar-refractivity contribution in [2.75, 3.05) is 0 Å². The lowest BCUT2D eigenvalue weighted by Gasteiger charge is -2.41. The van der Waals surface area contributed by atoms with Crippen molar-refractivity contribution >= 4 is 0 Å². The summed E-state index contributed by atoms with van der Waals surface area (Å²) in [6.07, 6.45) is 23.5. The fourth-order valence-electron chi connectivity index (χ4n) is 7.04. The van der Waals surface area contributed by atoms with E-state index >= 15 is 0 Å². The average Bonchev–Trinajstić information content (AvgIpc) is 3.37. The summed E-state index contributed by atoms with van der Waals surface area (Å²) in [6, 6.07) is 0. The van der Waals surface area contributed by atoms with Gasteiger partial charge in [-0.15, -0.1) is 0 Å². The lowest BCUT2D eigenvalue weighted by molar-refractivity contribution is 0.105. The monoisotopic (exact) mass is 344 g/mol. The molecule has 0 aliphatic heterocycles. The minimum absolute atomic E-state index is 1.02. The lowest BCUT2D eigenvalue weighted by atomic mass is 9.65. The van der Waals surface area contributed by atoms with E-state index in [9.17, 15) is 0 Å². The van der Waals surface area contributed by atoms with Crippen molar-refractivity contribution in [2.24, 2.45) is 47.3 Å². The molecular weight excluding hydrogens is 300 g/mol. The SMILES string of the molecule is CC1CCC(C2CCC(C3CCC(CCC4CC4C)CC3)CC2)CC1. The molecule has 2 atom stereocenters. The first-order valence-corrected chi connectivity index (χ1v) is 12.2. The van der Waals surface area contributed by atoms with E-state index in [2.05, 4.69) is 13.8 Å². The first-order valence-electron chi connectivity index (χ1n) is 12.2. The lowest BCUT2D eigenvalue weighted by Crippen LogP contribution is -2.29. The van der Waals surface area contributed by atoms with Crippen LogP contribution in [0.2, 0.25) is 0 Å². The molecule has 25 heavy (non-hydrogen) atoms. The van der Waals surface area contributed by atoms with Crippen molar-refractivity contribution in [1.82, 2.24) is 0 Å². The van der Waals surface area contributed by atoms with E-state index < -0.39 is 0 Å². The number of rotatable bonds is 5. The van der Waals surface area contributed by atoms with Crippen LogP contribution in [0.4, 0.5) is 0 Å². The Morgan fingerprint density at radius 1 is 0.520 bits per heavy atom. The summed E-state index contributed by atoms with van der Waals surface area (Å²) < 4.78 is 0. The Labute approximate surface area is 157 Å². The molecular formula is C25H44. The van der Waals surface area contributed by atoms with Crippen LogP contribution < -0.4 is 0 Å². The Morgan fingerprint density at radius 3 is 1.36 bits per heavy atom. The van der Waals surface area contributed by atoms with Crippen molar-refractivity contribution in [1.29, 1.82) is 0 Å². The highest BCUT2D eigenvalue weighted by Gasteiger charge is 2.35. The van der Waals surface area contributed by atoms with Crippen LogP contribution in [0.3, 0.4) is 0 Å². The third kappa shape index (κ3) is 4.84. The molecule has 0 amide bonds. The second-order valence-electron chi connectivity index (χ2n) is 11.0.